The van der Waals surface area contributed by atoms with E-state index in [4.69, 9.17) is 9.05 Å². The van der Waals surface area contributed by atoms with E-state index in [0.717, 1.165) is 30.0 Å². The predicted molar refractivity (Wildman–Crippen MR) is 98.9 cm³/mol. The smallest absolute Gasteiger partial charge is 0.276 e. The first-order valence-electron chi connectivity index (χ1n) is 9.45. The highest BCUT2D eigenvalue weighted by Gasteiger charge is 2.30. The van der Waals surface area contributed by atoms with Crippen LogP contribution in [0.2, 0.25) is 0 Å². The molecular formula is C19H20N6O3. The molecule has 144 valence electrons. The van der Waals surface area contributed by atoms with Gasteiger partial charge in [-0.25, -0.2) is 4.98 Å². The third kappa shape index (κ3) is 3.23. The van der Waals surface area contributed by atoms with Gasteiger partial charge in [-0.1, -0.05) is 10.3 Å². The lowest BCUT2D eigenvalue weighted by Gasteiger charge is -2.35. The predicted octanol–water partition coefficient (Wildman–Crippen LogP) is 2.27. The number of hydrogen-bond acceptors (Lipinski definition) is 8. The molecule has 0 bridgehead atoms. The number of piperazine rings is 1. The van der Waals surface area contributed by atoms with Crippen molar-refractivity contribution >= 4 is 11.7 Å². The molecule has 3 aromatic rings. The summed E-state index contributed by atoms with van der Waals surface area (Å²) >= 11 is 0. The van der Waals surface area contributed by atoms with E-state index >= 15 is 0 Å². The van der Waals surface area contributed by atoms with E-state index in [2.05, 4.69) is 25.2 Å². The summed E-state index contributed by atoms with van der Waals surface area (Å²) < 4.78 is 10.3. The van der Waals surface area contributed by atoms with Crippen molar-refractivity contribution in [3.63, 3.8) is 0 Å². The Bertz CT molecular complexity index is 983. The first kappa shape index (κ1) is 16.9. The van der Waals surface area contributed by atoms with Crippen molar-refractivity contribution in [1.82, 2.24) is 25.2 Å². The lowest BCUT2D eigenvalue weighted by Crippen LogP contribution is -2.49. The number of carbonyl (C=O) groups is 1. The summed E-state index contributed by atoms with van der Waals surface area (Å²) in [5, 5.41) is 7.86. The minimum absolute atomic E-state index is 0.0638. The Hall–Kier alpha value is -3.23. The van der Waals surface area contributed by atoms with Gasteiger partial charge in [-0.2, -0.15) is 4.98 Å². The fraction of sp³-hybridized carbons (Fsp3) is 0.421. The van der Waals surface area contributed by atoms with E-state index in [0.29, 0.717) is 49.5 Å². The minimum Gasteiger partial charge on any atom is -0.360 e. The quantitative estimate of drug-likeness (QED) is 0.679. The van der Waals surface area contributed by atoms with Crippen molar-refractivity contribution in [2.75, 3.05) is 31.1 Å². The Balaban J connectivity index is 1.21. The number of anilines is 1. The molecule has 1 aliphatic carbocycles. The van der Waals surface area contributed by atoms with Crippen LogP contribution in [0.5, 0.6) is 0 Å². The molecule has 9 nitrogen and oxygen atoms in total. The van der Waals surface area contributed by atoms with E-state index < -0.39 is 0 Å². The zero-order valence-electron chi connectivity index (χ0n) is 15.5. The summed E-state index contributed by atoms with van der Waals surface area (Å²) in [4.78, 5) is 25.4. The normalized spacial score (nSPS) is 17.2. The van der Waals surface area contributed by atoms with Crippen LogP contribution in [-0.2, 0) is 0 Å². The highest BCUT2D eigenvalue weighted by Crippen LogP contribution is 2.40. The number of nitrogens with zero attached hydrogens (tertiary/aromatic N) is 6. The minimum atomic E-state index is -0.0638. The van der Waals surface area contributed by atoms with Crippen molar-refractivity contribution in [2.45, 2.75) is 25.7 Å². The number of pyridine rings is 1. The average Bonchev–Trinajstić information content (AvgIpc) is 3.30. The Morgan fingerprint density at radius 3 is 2.57 bits per heavy atom. The number of aryl methyl sites for hydroxylation is 1. The molecule has 2 fully saturated rings. The second-order valence-corrected chi connectivity index (χ2v) is 7.21. The van der Waals surface area contributed by atoms with Crippen LogP contribution >= 0.6 is 0 Å². The second-order valence-electron chi connectivity index (χ2n) is 7.21. The van der Waals surface area contributed by atoms with E-state index in [-0.39, 0.29) is 5.91 Å². The largest absolute Gasteiger partial charge is 0.360 e. The highest BCUT2D eigenvalue weighted by atomic mass is 16.5. The molecule has 5 rings (SSSR count). The van der Waals surface area contributed by atoms with Crippen LogP contribution in [0.15, 0.2) is 33.4 Å². The van der Waals surface area contributed by atoms with Gasteiger partial charge in [0.1, 0.15) is 11.6 Å². The average molecular weight is 380 g/mol. The van der Waals surface area contributed by atoms with E-state index in [9.17, 15) is 4.79 Å². The van der Waals surface area contributed by atoms with Crippen LogP contribution in [-0.4, -0.2) is 57.3 Å². The van der Waals surface area contributed by atoms with Gasteiger partial charge < -0.3 is 18.8 Å². The first-order valence-corrected chi connectivity index (χ1v) is 9.45. The van der Waals surface area contributed by atoms with Crippen molar-refractivity contribution in [3.05, 3.63) is 41.7 Å². The summed E-state index contributed by atoms with van der Waals surface area (Å²) in [7, 11) is 0. The van der Waals surface area contributed by atoms with Crippen LogP contribution in [0.1, 0.15) is 40.9 Å². The number of aromatic nitrogens is 4. The van der Waals surface area contributed by atoms with E-state index in [1.54, 1.807) is 19.2 Å². The van der Waals surface area contributed by atoms with Crippen molar-refractivity contribution in [1.29, 1.82) is 0 Å². The monoisotopic (exact) mass is 380 g/mol. The molecule has 1 aliphatic heterocycles. The fourth-order valence-corrected chi connectivity index (χ4v) is 3.37. The Morgan fingerprint density at radius 1 is 1.11 bits per heavy atom. The van der Waals surface area contributed by atoms with Gasteiger partial charge in [0.15, 0.2) is 5.69 Å². The van der Waals surface area contributed by atoms with Gasteiger partial charge in [0.2, 0.25) is 11.7 Å². The summed E-state index contributed by atoms with van der Waals surface area (Å²) in [5.41, 5.74) is 1.22. The van der Waals surface area contributed by atoms with Crippen LogP contribution < -0.4 is 4.90 Å². The molecule has 0 radical (unpaired) electrons. The number of carbonyl (C=O) groups excluding carboxylic acids is 1. The van der Waals surface area contributed by atoms with Gasteiger partial charge in [-0.05, 0) is 25.0 Å². The molecule has 1 saturated carbocycles. The Labute approximate surface area is 161 Å². The Morgan fingerprint density at radius 2 is 1.93 bits per heavy atom. The summed E-state index contributed by atoms with van der Waals surface area (Å²) in [6.07, 6.45) is 3.99. The number of rotatable bonds is 4. The maximum absolute atomic E-state index is 12.6. The van der Waals surface area contributed by atoms with E-state index in [1.165, 1.54) is 0 Å². The van der Waals surface area contributed by atoms with Gasteiger partial charge in [0.25, 0.3) is 5.91 Å². The van der Waals surface area contributed by atoms with Crippen LogP contribution in [0, 0.1) is 6.92 Å². The lowest BCUT2D eigenvalue weighted by atomic mass is 10.2. The third-order valence-electron chi connectivity index (χ3n) is 5.15. The van der Waals surface area contributed by atoms with Crippen molar-refractivity contribution in [2.24, 2.45) is 0 Å². The maximum atomic E-state index is 12.6. The molecule has 2 aliphatic rings. The zero-order valence-corrected chi connectivity index (χ0v) is 15.5. The third-order valence-corrected chi connectivity index (χ3v) is 5.15. The molecule has 0 unspecified atom stereocenters. The van der Waals surface area contributed by atoms with Crippen molar-refractivity contribution in [3.8, 4) is 11.4 Å². The van der Waals surface area contributed by atoms with Gasteiger partial charge >= 0.3 is 0 Å². The molecule has 0 N–H and O–H groups in total. The molecule has 1 amide bonds. The summed E-state index contributed by atoms with van der Waals surface area (Å²) in [6, 6.07) is 5.67. The van der Waals surface area contributed by atoms with Gasteiger partial charge in [0, 0.05) is 56.8 Å². The number of amides is 1. The number of hydrogen-bond donors (Lipinski definition) is 0. The molecule has 0 aromatic carbocycles. The topological polar surface area (TPSA) is 101 Å². The van der Waals surface area contributed by atoms with Crippen LogP contribution in [0.4, 0.5) is 5.82 Å². The van der Waals surface area contributed by atoms with Gasteiger partial charge in [-0.3, -0.25) is 4.79 Å². The van der Waals surface area contributed by atoms with Gasteiger partial charge in [-0.15, -0.1) is 0 Å². The first-order chi connectivity index (χ1) is 13.7. The standard InChI is InChI=1S/C19H20N6O3/c1-12-21-18(23-27-12)14-4-5-17(20-11-14)24-6-8-25(9-7-24)19(26)15-10-16(28-22-15)13-2-3-13/h4-5,10-11,13H,2-3,6-9H2,1H3. The van der Waals surface area contributed by atoms with Gasteiger partial charge in [0.05, 0.1) is 0 Å². The van der Waals surface area contributed by atoms with E-state index in [1.807, 2.05) is 17.0 Å². The molecule has 9 heteroatoms. The van der Waals surface area contributed by atoms with Crippen LogP contribution in [0.3, 0.4) is 0 Å². The fourth-order valence-electron chi connectivity index (χ4n) is 3.37. The molecule has 0 spiro atoms. The zero-order chi connectivity index (χ0) is 19.1. The molecule has 28 heavy (non-hydrogen) atoms. The summed E-state index contributed by atoms with van der Waals surface area (Å²) in [6.45, 7) is 4.43. The molecule has 4 heterocycles. The van der Waals surface area contributed by atoms with Crippen molar-refractivity contribution < 1.29 is 13.8 Å². The Kier molecular flexibility index (Phi) is 4.07. The maximum Gasteiger partial charge on any atom is 0.276 e. The lowest BCUT2D eigenvalue weighted by molar-refractivity contribution is 0.0736. The highest BCUT2D eigenvalue weighted by molar-refractivity contribution is 5.92. The second kappa shape index (κ2) is 6.74. The van der Waals surface area contributed by atoms with Crippen LogP contribution in [0.25, 0.3) is 11.4 Å². The molecule has 1 saturated heterocycles. The molecule has 3 aromatic heterocycles. The summed E-state index contributed by atoms with van der Waals surface area (Å²) in [5.74, 6) is 3.15. The molecular weight excluding hydrogens is 360 g/mol. The molecule has 0 atom stereocenters. The SMILES string of the molecule is Cc1nc(-c2ccc(N3CCN(C(=O)c4cc(C5CC5)on4)CC3)nc2)no1.